The van der Waals surface area contributed by atoms with E-state index in [1.54, 1.807) is 12.1 Å². The van der Waals surface area contributed by atoms with E-state index in [1.165, 1.54) is 19.2 Å². The summed E-state index contributed by atoms with van der Waals surface area (Å²) in [5.74, 6) is -0.708. The molecule has 28 heavy (non-hydrogen) atoms. The van der Waals surface area contributed by atoms with E-state index in [4.69, 9.17) is 14.7 Å². The van der Waals surface area contributed by atoms with Crippen molar-refractivity contribution in [2.75, 3.05) is 19.0 Å². The predicted octanol–water partition coefficient (Wildman–Crippen LogP) is 2.88. The first kappa shape index (κ1) is 21.0. The number of anilines is 1. The quantitative estimate of drug-likeness (QED) is 0.779. The second-order valence-corrected chi connectivity index (χ2v) is 7.20. The van der Waals surface area contributed by atoms with Crippen LogP contribution in [0.15, 0.2) is 47.4 Å². The summed E-state index contributed by atoms with van der Waals surface area (Å²) in [6.07, 6.45) is 0. The molecule has 0 atom stereocenters. The molecule has 2 aromatic carbocycles. The predicted molar refractivity (Wildman–Crippen MR) is 91.5 cm³/mol. The van der Waals surface area contributed by atoms with Crippen LogP contribution in [0.5, 0.6) is 11.5 Å². The summed E-state index contributed by atoms with van der Waals surface area (Å²) in [5, 5.41) is 11.2. The van der Waals surface area contributed by atoms with E-state index < -0.39 is 32.8 Å². The molecule has 0 radical (unpaired) electrons. The Labute approximate surface area is 158 Å². The number of benzene rings is 2. The van der Waals surface area contributed by atoms with Gasteiger partial charge in [0.15, 0.2) is 6.61 Å². The lowest BCUT2D eigenvalue weighted by Gasteiger charge is -2.14. The fraction of sp³-hybridized carbons (Fsp3) is 0.176. The Bertz CT molecular complexity index is 1030. The van der Waals surface area contributed by atoms with Crippen molar-refractivity contribution in [3.8, 4) is 17.6 Å². The Hall–Kier alpha value is -3.26. The molecule has 2 aromatic rings. The summed E-state index contributed by atoms with van der Waals surface area (Å²) in [5.41, 5.74) is -5.59. The van der Waals surface area contributed by atoms with Crippen molar-refractivity contribution in [3.05, 3.63) is 48.0 Å². The number of sulfone groups is 1. The minimum Gasteiger partial charge on any atom is -0.495 e. The summed E-state index contributed by atoms with van der Waals surface area (Å²) in [4.78, 5) is 11.0. The van der Waals surface area contributed by atoms with E-state index in [0.717, 1.165) is 12.1 Å². The molecular formula is C17H13F3N2O5S. The number of nitrogens with one attached hydrogen (secondary N) is 1. The molecule has 0 spiro atoms. The average Bonchev–Trinajstić information content (AvgIpc) is 2.65. The van der Waals surface area contributed by atoms with Gasteiger partial charge in [-0.05, 0) is 30.3 Å². The molecule has 0 unspecified atom stereocenters. The van der Waals surface area contributed by atoms with Crippen molar-refractivity contribution in [1.82, 2.24) is 0 Å². The summed E-state index contributed by atoms with van der Waals surface area (Å²) in [7, 11) is -4.40. The van der Waals surface area contributed by atoms with Gasteiger partial charge in [-0.15, -0.1) is 0 Å². The monoisotopic (exact) mass is 414 g/mol. The Morgan fingerprint density at radius 3 is 2.46 bits per heavy atom. The highest BCUT2D eigenvalue weighted by Crippen LogP contribution is 2.34. The number of hydrogen-bond donors (Lipinski definition) is 1. The third-order valence-electron chi connectivity index (χ3n) is 3.43. The molecule has 0 fully saturated rings. The van der Waals surface area contributed by atoms with Gasteiger partial charge in [-0.25, -0.2) is 8.42 Å². The second-order valence-electron chi connectivity index (χ2n) is 5.26. The first-order valence-corrected chi connectivity index (χ1v) is 8.99. The lowest BCUT2D eigenvalue weighted by molar-refractivity contribution is -0.118. The zero-order valence-corrected chi connectivity index (χ0v) is 15.1. The molecule has 0 aliphatic heterocycles. The standard InChI is InChI=1S/C17H13F3N2O5S/c1-26-15-7-6-12(28(24,25)17(18,19)20)8-13(15)22-16(23)10-27-14-5-3-2-4-11(14)9-21/h2-8H,10H2,1H3,(H,22,23). The van der Waals surface area contributed by atoms with Crippen LogP contribution in [0.1, 0.15) is 5.56 Å². The Balaban J connectivity index is 2.21. The molecule has 148 valence electrons. The van der Waals surface area contributed by atoms with Gasteiger partial charge in [-0.3, -0.25) is 4.79 Å². The van der Waals surface area contributed by atoms with Crippen molar-refractivity contribution in [1.29, 1.82) is 5.26 Å². The third kappa shape index (κ3) is 4.52. The van der Waals surface area contributed by atoms with Crippen molar-refractivity contribution < 1.29 is 35.9 Å². The van der Waals surface area contributed by atoms with E-state index in [1.807, 2.05) is 6.07 Å². The number of amides is 1. The molecule has 0 heterocycles. The zero-order chi connectivity index (χ0) is 20.9. The lowest BCUT2D eigenvalue weighted by Crippen LogP contribution is -2.24. The van der Waals surface area contributed by atoms with Crippen LogP contribution in [0.4, 0.5) is 18.9 Å². The van der Waals surface area contributed by atoms with E-state index >= 15 is 0 Å². The van der Waals surface area contributed by atoms with Crippen molar-refractivity contribution in [3.63, 3.8) is 0 Å². The van der Waals surface area contributed by atoms with Gasteiger partial charge < -0.3 is 14.8 Å². The van der Waals surface area contributed by atoms with Gasteiger partial charge in [0.05, 0.1) is 23.3 Å². The maximum absolute atomic E-state index is 12.7. The van der Waals surface area contributed by atoms with Gasteiger partial charge in [0.2, 0.25) is 0 Å². The Morgan fingerprint density at radius 2 is 1.86 bits per heavy atom. The largest absolute Gasteiger partial charge is 0.501 e. The van der Waals surface area contributed by atoms with Crippen molar-refractivity contribution in [2.24, 2.45) is 0 Å². The number of rotatable bonds is 6. The van der Waals surface area contributed by atoms with Crippen LogP contribution in [0.2, 0.25) is 0 Å². The van der Waals surface area contributed by atoms with Crippen LogP contribution in [-0.2, 0) is 14.6 Å². The zero-order valence-electron chi connectivity index (χ0n) is 14.3. The number of alkyl halides is 3. The fourth-order valence-electron chi connectivity index (χ4n) is 2.10. The molecule has 0 bridgehead atoms. The SMILES string of the molecule is COc1ccc(S(=O)(=O)C(F)(F)F)cc1NC(=O)COc1ccccc1C#N. The molecule has 2 rings (SSSR count). The van der Waals surface area contributed by atoms with Crippen molar-refractivity contribution >= 4 is 21.4 Å². The summed E-state index contributed by atoms with van der Waals surface area (Å²) >= 11 is 0. The van der Waals surface area contributed by atoms with Crippen LogP contribution < -0.4 is 14.8 Å². The van der Waals surface area contributed by atoms with Crippen LogP contribution in [0.3, 0.4) is 0 Å². The molecule has 1 amide bonds. The number of hydrogen-bond acceptors (Lipinski definition) is 6. The van der Waals surface area contributed by atoms with Gasteiger partial charge >= 0.3 is 5.51 Å². The number of nitrogens with zero attached hydrogens (tertiary/aromatic N) is 1. The molecule has 0 aliphatic carbocycles. The molecule has 11 heteroatoms. The molecule has 0 aliphatic rings. The van der Waals surface area contributed by atoms with E-state index in [-0.39, 0.29) is 22.7 Å². The average molecular weight is 414 g/mol. The first-order chi connectivity index (χ1) is 13.1. The number of nitriles is 1. The summed E-state index contributed by atoms with van der Waals surface area (Å²) in [6.45, 7) is -0.571. The smallest absolute Gasteiger partial charge is 0.495 e. The Morgan fingerprint density at radius 1 is 1.18 bits per heavy atom. The van der Waals surface area contributed by atoms with Crippen LogP contribution >= 0.6 is 0 Å². The molecule has 0 saturated carbocycles. The molecule has 1 N–H and O–H groups in total. The Kier molecular flexibility index (Phi) is 6.15. The van der Waals surface area contributed by atoms with Gasteiger partial charge in [0, 0.05) is 0 Å². The van der Waals surface area contributed by atoms with E-state index in [2.05, 4.69) is 5.32 Å². The molecule has 0 aromatic heterocycles. The minimum absolute atomic E-state index is 0.0492. The number of halogens is 3. The highest BCUT2D eigenvalue weighted by molar-refractivity contribution is 7.92. The third-order valence-corrected chi connectivity index (χ3v) is 4.91. The van der Waals surface area contributed by atoms with Crippen molar-refractivity contribution in [2.45, 2.75) is 10.4 Å². The van der Waals surface area contributed by atoms with Gasteiger partial charge in [0.1, 0.15) is 17.6 Å². The molecule has 7 nitrogen and oxygen atoms in total. The summed E-state index contributed by atoms with van der Waals surface area (Å²) < 4.78 is 71.4. The number of para-hydroxylation sites is 1. The van der Waals surface area contributed by atoms with Gasteiger partial charge in [-0.2, -0.15) is 18.4 Å². The maximum atomic E-state index is 12.7. The lowest BCUT2D eigenvalue weighted by atomic mass is 10.2. The van der Waals surface area contributed by atoms with Crippen LogP contribution in [0.25, 0.3) is 0 Å². The summed E-state index contributed by atoms with van der Waals surface area (Å²) in [6, 6.07) is 10.3. The van der Waals surface area contributed by atoms with Crippen LogP contribution in [0, 0.1) is 11.3 Å². The normalized spacial score (nSPS) is 11.4. The molecular weight excluding hydrogens is 401 g/mol. The fourth-order valence-corrected chi connectivity index (χ4v) is 2.89. The minimum atomic E-state index is -5.60. The van der Waals surface area contributed by atoms with Gasteiger partial charge in [0.25, 0.3) is 15.7 Å². The number of ether oxygens (including phenoxy) is 2. The first-order valence-electron chi connectivity index (χ1n) is 7.51. The van der Waals surface area contributed by atoms with Crippen LogP contribution in [-0.4, -0.2) is 33.5 Å². The highest BCUT2D eigenvalue weighted by atomic mass is 32.2. The highest BCUT2D eigenvalue weighted by Gasteiger charge is 2.47. The maximum Gasteiger partial charge on any atom is 0.501 e. The topological polar surface area (TPSA) is 105 Å². The second kappa shape index (κ2) is 8.18. The van der Waals surface area contributed by atoms with E-state index in [0.29, 0.717) is 6.07 Å². The number of methoxy groups -OCH3 is 1. The number of carbonyl (C=O) groups is 1. The van der Waals surface area contributed by atoms with Gasteiger partial charge in [-0.1, -0.05) is 12.1 Å². The molecule has 0 saturated heterocycles. The van der Waals surface area contributed by atoms with E-state index in [9.17, 15) is 26.4 Å². The number of carbonyl (C=O) groups excluding carboxylic acids is 1.